The van der Waals surface area contributed by atoms with Crippen molar-refractivity contribution >= 4 is 10.0 Å². The van der Waals surface area contributed by atoms with Crippen molar-refractivity contribution in [1.29, 1.82) is 5.26 Å². The maximum atomic E-state index is 12.1. The fourth-order valence-corrected chi connectivity index (χ4v) is 3.26. The van der Waals surface area contributed by atoms with E-state index in [0.29, 0.717) is 13.1 Å². The van der Waals surface area contributed by atoms with E-state index in [2.05, 4.69) is 14.9 Å². The number of piperazine rings is 1. The van der Waals surface area contributed by atoms with E-state index >= 15 is 0 Å². The number of nitrogens with one attached hydrogen (secondary N) is 2. The van der Waals surface area contributed by atoms with Gasteiger partial charge in [-0.25, -0.2) is 13.1 Å². The molecule has 0 bridgehead atoms. The third-order valence-corrected chi connectivity index (χ3v) is 4.92. The van der Waals surface area contributed by atoms with Crippen molar-refractivity contribution in [3.8, 4) is 6.07 Å². The second-order valence-corrected chi connectivity index (χ2v) is 6.74. The van der Waals surface area contributed by atoms with Crippen LogP contribution in [0.15, 0.2) is 29.2 Å². The minimum Gasteiger partial charge on any atom is -0.314 e. The van der Waals surface area contributed by atoms with Crippen LogP contribution in [0.3, 0.4) is 0 Å². The quantitative estimate of drug-likeness (QED) is 0.769. The molecule has 0 radical (unpaired) electrons. The predicted molar refractivity (Wildman–Crippen MR) is 80.3 cm³/mol. The molecule has 2 rings (SSSR count). The molecule has 6 nitrogen and oxygen atoms in total. The van der Waals surface area contributed by atoms with Gasteiger partial charge in [0.2, 0.25) is 10.0 Å². The number of nitrogens with zero attached hydrogens (tertiary/aromatic N) is 2. The normalized spacial score (nSPS) is 16.5. The van der Waals surface area contributed by atoms with Crippen molar-refractivity contribution in [3.63, 3.8) is 0 Å². The Morgan fingerprint density at radius 2 is 1.90 bits per heavy atom. The Morgan fingerprint density at radius 1 is 1.24 bits per heavy atom. The van der Waals surface area contributed by atoms with Crippen molar-refractivity contribution in [2.24, 2.45) is 0 Å². The van der Waals surface area contributed by atoms with Crippen molar-refractivity contribution in [2.75, 3.05) is 39.3 Å². The van der Waals surface area contributed by atoms with Gasteiger partial charge in [0.1, 0.15) is 0 Å². The highest BCUT2D eigenvalue weighted by atomic mass is 32.2. The summed E-state index contributed by atoms with van der Waals surface area (Å²) in [5.41, 5.74) is 0.817. The minimum absolute atomic E-state index is 0.240. The first-order valence-electron chi connectivity index (χ1n) is 7.00. The lowest BCUT2D eigenvalue weighted by molar-refractivity contribution is 0.245. The number of nitriles is 1. The highest BCUT2D eigenvalue weighted by Gasteiger charge is 2.15. The second kappa shape index (κ2) is 7.52. The van der Waals surface area contributed by atoms with Gasteiger partial charge >= 0.3 is 0 Å². The summed E-state index contributed by atoms with van der Waals surface area (Å²) in [6, 6.07) is 8.47. The molecule has 0 aromatic heterocycles. The molecule has 2 N–H and O–H groups in total. The molecule has 7 heteroatoms. The van der Waals surface area contributed by atoms with Crippen LogP contribution in [0.2, 0.25) is 0 Å². The van der Waals surface area contributed by atoms with Gasteiger partial charge in [-0.05, 0) is 17.7 Å². The summed E-state index contributed by atoms with van der Waals surface area (Å²) in [4.78, 5) is 2.47. The molecule has 1 saturated heterocycles. The fourth-order valence-electron chi connectivity index (χ4n) is 2.23. The van der Waals surface area contributed by atoms with Crippen LogP contribution in [-0.4, -0.2) is 52.6 Å². The van der Waals surface area contributed by atoms with Gasteiger partial charge in [-0.2, -0.15) is 5.26 Å². The molecule has 21 heavy (non-hydrogen) atoms. The summed E-state index contributed by atoms with van der Waals surface area (Å²) < 4.78 is 26.9. The second-order valence-electron chi connectivity index (χ2n) is 4.97. The molecule has 1 heterocycles. The van der Waals surface area contributed by atoms with Crippen LogP contribution >= 0.6 is 0 Å². The van der Waals surface area contributed by atoms with Gasteiger partial charge in [0.15, 0.2) is 0 Å². The van der Waals surface area contributed by atoms with Crippen LogP contribution in [0.25, 0.3) is 0 Å². The van der Waals surface area contributed by atoms with Crippen LogP contribution in [-0.2, 0) is 16.4 Å². The smallest absolute Gasteiger partial charge is 0.240 e. The minimum atomic E-state index is -3.47. The Labute approximate surface area is 125 Å². The van der Waals surface area contributed by atoms with Crippen molar-refractivity contribution in [1.82, 2.24) is 14.9 Å². The van der Waals surface area contributed by atoms with Gasteiger partial charge in [-0.1, -0.05) is 12.1 Å². The third kappa shape index (κ3) is 4.79. The van der Waals surface area contributed by atoms with Crippen molar-refractivity contribution in [2.45, 2.75) is 11.3 Å². The Bertz CT molecular complexity index is 586. The predicted octanol–water partition coefficient (Wildman–Crippen LogP) is -0.0638. The van der Waals surface area contributed by atoms with Crippen LogP contribution in [0.1, 0.15) is 5.56 Å². The maximum absolute atomic E-state index is 12.1. The summed E-state index contributed by atoms with van der Waals surface area (Å²) in [5, 5.41) is 11.9. The van der Waals surface area contributed by atoms with Crippen molar-refractivity contribution in [3.05, 3.63) is 29.8 Å². The van der Waals surface area contributed by atoms with Gasteiger partial charge in [-0.3, -0.25) is 4.90 Å². The summed E-state index contributed by atoms with van der Waals surface area (Å²) in [6.45, 7) is 4.92. The number of benzene rings is 1. The number of hydrogen-bond acceptors (Lipinski definition) is 5. The van der Waals surface area contributed by atoms with Crippen LogP contribution in [0, 0.1) is 11.3 Å². The molecule has 0 atom stereocenters. The molecule has 0 unspecified atom stereocenters. The van der Waals surface area contributed by atoms with Gasteiger partial charge in [0.25, 0.3) is 0 Å². The summed E-state index contributed by atoms with van der Waals surface area (Å²) in [5.74, 6) is 0. The molecule has 0 saturated carbocycles. The van der Waals surface area contributed by atoms with Crippen LogP contribution in [0.5, 0.6) is 0 Å². The lowest BCUT2D eigenvalue weighted by Gasteiger charge is -2.27. The molecule has 0 aliphatic carbocycles. The molecule has 1 aromatic rings. The monoisotopic (exact) mass is 308 g/mol. The molecule has 0 spiro atoms. The van der Waals surface area contributed by atoms with E-state index in [-0.39, 0.29) is 11.3 Å². The largest absolute Gasteiger partial charge is 0.314 e. The summed E-state index contributed by atoms with van der Waals surface area (Å²) in [6.07, 6.45) is 0.288. The maximum Gasteiger partial charge on any atom is 0.240 e. The van der Waals surface area contributed by atoms with E-state index in [9.17, 15) is 8.42 Å². The number of rotatable bonds is 6. The Balaban J connectivity index is 1.87. The number of sulfonamides is 1. The third-order valence-electron chi connectivity index (χ3n) is 3.45. The van der Waals surface area contributed by atoms with E-state index in [1.165, 1.54) is 0 Å². The summed E-state index contributed by atoms with van der Waals surface area (Å²) in [7, 11) is -3.47. The zero-order valence-corrected chi connectivity index (χ0v) is 12.7. The zero-order chi connectivity index (χ0) is 15.1. The van der Waals surface area contributed by atoms with E-state index in [1.54, 1.807) is 24.3 Å². The van der Waals surface area contributed by atoms with Crippen LogP contribution < -0.4 is 10.0 Å². The highest BCUT2D eigenvalue weighted by Crippen LogP contribution is 2.10. The van der Waals surface area contributed by atoms with Gasteiger partial charge < -0.3 is 5.32 Å². The first kappa shape index (κ1) is 15.9. The molecule has 0 amide bonds. The average molecular weight is 308 g/mol. The van der Waals surface area contributed by atoms with Gasteiger partial charge in [-0.15, -0.1) is 0 Å². The molecule has 114 valence electrons. The molecule has 1 aromatic carbocycles. The first-order chi connectivity index (χ1) is 10.1. The Morgan fingerprint density at radius 3 is 2.52 bits per heavy atom. The van der Waals surface area contributed by atoms with E-state index in [1.807, 2.05) is 6.07 Å². The lowest BCUT2D eigenvalue weighted by Crippen LogP contribution is -2.46. The molecule has 1 aliphatic rings. The van der Waals surface area contributed by atoms with E-state index in [0.717, 1.165) is 31.7 Å². The van der Waals surface area contributed by atoms with Crippen LogP contribution in [0.4, 0.5) is 0 Å². The Kier molecular flexibility index (Phi) is 5.70. The SMILES string of the molecule is N#CCc1ccc(S(=O)(=O)NCCN2CCNCC2)cc1. The molecule has 1 aliphatic heterocycles. The molecular formula is C14H20N4O2S. The average Bonchev–Trinajstić information content (AvgIpc) is 2.49. The fraction of sp³-hybridized carbons (Fsp3) is 0.500. The van der Waals surface area contributed by atoms with Crippen molar-refractivity contribution < 1.29 is 8.42 Å². The first-order valence-corrected chi connectivity index (χ1v) is 8.49. The zero-order valence-electron chi connectivity index (χ0n) is 11.9. The van der Waals surface area contributed by atoms with Gasteiger partial charge in [0, 0.05) is 39.3 Å². The summed E-state index contributed by atoms with van der Waals surface area (Å²) >= 11 is 0. The Hall–Kier alpha value is -1.46. The lowest BCUT2D eigenvalue weighted by atomic mass is 10.2. The van der Waals surface area contributed by atoms with E-state index < -0.39 is 10.0 Å². The molecular weight excluding hydrogens is 288 g/mol. The topological polar surface area (TPSA) is 85.2 Å². The standard InChI is InChI=1S/C14H20N4O2S/c15-6-5-13-1-3-14(4-2-13)21(19,20)17-9-12-18-10-7-16-8-11-18/h1-4,16-17H,5,7-12H2. The highest BCUT2D eigenvalue weighted by molar-refractivity contribution is 7.89. The van der Waals surface area contributed by atoms with E-state index in [4.69, 9.17) is 5.26 Å². The number of hydrogen-bond donors (Lipinski definition) is 2. The van der Waals surface area contributed by atoms with Gasteiger partial charge in [0.05, 0.1) is 17.4 Å². The molecule has 1 fully saturated rings.